The van der Waals surface area contributed by atoms with Crippen LogP contribution < -0.4 is 15.0 Å². The van der Waals surface area contributed by atoms with Gasteiger partial charge in [-0.2, -0.15) is 13.2 Å². The van der Waals surface area contributed by atoms with Crippen molar-refractivity contribution >= 4 is 11.7 Å². The maximum absolute atomic E-state index is 12.5. The molecule has 29 heavy (non-hydrogen) atoms. The molecule has 2 aromatic rings. The number of aromatic nitrogens is 1. The molecule has 1 N–H and O–H groups in total. The van der Waals surface area contributed by atoms with E-state index in [2.05, 4.69) is 21.3 Å². The highest BCUT2D eigenvalue weighted by Gasteiger charge is 2.29. The lowest BCUT2D eigenvalue weighted by molar-refractivity contribution is -0.154. The fourth-order valence-corrected chi connectivity index (χ4v) is 3.11. The van der Waals surface area contributed by atoms with Crippen LogP contribution in [0.25, 0.3) is 0 Å². The third kappa shape index (κ3) is 6.00. The number of carbonyl (C=O) groups is 1. The first-order valence-electron chi connectivity index (χ1n) is 9.30. The zero-order chi connectivity index (χ0) is 20.9. The monoisotopic (exact) mass is 408 g/mol. The molecule has 2 heterocycles. The molecule has 0 spiro atoms. The second-order valence-electron chi connectivity index (χ2n) is 6.84. The summed E-state index contributed by atoms with van der Waals surface area (Å²) in [5.41, 5.74) is 2.71. The van der Waals surface area contributed by atoms with Gasteiger partial charge in [0.2, 0.25) is 5.88 Å². The summed E-state index contributed by atoms with van der Waals surface area (Å²) in [7, 11) is 0. The van der Waals surface area contributed by atoms with Gasteiger partial charge in [-0.05, 0) is 30.7 Å². The summed E-state index contributed by atoms with van der Waals surface area (Å²) in [6.07, 6.45) is -3.10. The normalized spacial score (nSPS) is 14.6. The van der Waals surface area contributed by atoms with Crippen LogP contribution in [0, 0.1) is 6.92 Å². The number of nitrogens with one attached hydrogen (secondary N) is 1. The minimum absolute atomic E-state index is 0.0396. The third-order valence-corrected chi connectivity index (χ3v) is 4.59. The minimum atomic E-state index is -4.45. The number of nitrogens with zero attached hydrogens (tertiary/aromatic N) is 3. The maximum atomic E-state index is 12.5. The average Bonchev–Trinajstić information content (AvgIpc) is 2.70. The third-order valence-electron chi connectivity index (χ3n) is 4.59. The molecule has 1 aliphatic rings. The standard InChI is InChI=1S/C20H23F3N4O2/c1-15-4-2-6-17(12-15)26-8-10-27(11-9-26)19(28)25-13-16-5-3-7-24-18(16)29-14-20(21,22)23/h2-7,12H,8-11,13-14H2,1H3,(H,25,28). The number of piperazine rings is 1. The number of urea groups is 1. The maximum Gasteiger partial charge on any atom is 0.422 e. The van der Waals surface area contributed by atoms with Crippen LogP contribution in [0.2, 0.25) is 0 Å². The van der Waals surface area contributed by atoms with E-state index >= 15 is 0 Å². The Labute approximate surface area is 167 Å². The molecule has 0 atom stereocenters. The molecule has 0 bridgehead atoms. The summed E-state index contributed by atoms with van der Waals surface area (Å²) in [6.45, 7) is 3.20. The molecule has 1 aliphatic heterocycles. The van der Waals surface area contributed by atoms with Crippen molar-refractivity contribution in [3.8, 4) is 5.88 Å². The van der Waals surface area contributed by atoms with Crippen LogP contribution in [0.1, 0.15) is 11.1 Å². The van der Waals surface area contributed by atoms with Gasteiger partial charge in [0.05, 0.1) is 0 Å². The molecule has 6 nitrogen and oxygen atoms in total. The van der Waals surface area contributed by atoms with Crippen molar-refractivity contribution in [2.75, 3.05) is 37.7 Å². The fourth-order valence-electron chi connectivity index (χ4n) is 3.11. The van der Waals surface area contributed by atoms with Gasteiger partial charge in [-0.1, -0.05) is 18.2 Å². The van der Waals surface area contributed by atoms with E-state index in [9.17, 15) is 18.0 Å². The van der Waals surface area contributed by atoms with Crippen LogP contribution in [0.3, 0.4) is 0 Å². The second kappa shape index (κ2) is 9.02. The molecular formula is C20H23F3N4O2. The minimum Gasteiger partial charge on any atom is -0.468 e. The van der Waals surface area contributed by atoms with Gasteiger partial charge in [-0.25, -0.2) is 9.78 Å². The SMILES string of the molecule is Cc1cccc(N2CCN(C(=O)NCc3cccnc3OCC(F)(F)F)CC2)c1. The molecule has 0 unspecified atom stereocenters. The Morgan fingerprint density at radius 1 is 1.17 bits per heavy atom. The largest absolute Gasteiger partial charge is 0.468 e. The van der Waals surface area contributed by atoms with Crippen LogP contribution in [0.4, 0.5) is 23.7 Å². The number of anilines is 1. The summed E-state index contributed by atoms with van der Waals surface area (Å²) in [5, 5.41) is 2.74. The number of aryl methyl sites for hydroxylation is 1. The average molecular weight is 408 g/mol. The van der Waals surface area contributed by atoms with Crippen LogP contribution in [0.5, 0.6) is 5.88 Å². The summed E-state index contributed by atoms with van der Waals surface area (Å²) >= 11 is 0. The van der Waals surface area contributed by atoms with Crippen LogP contribution in [-0.2, 0) is 6.54 Å². The quantitative estimate of drug-likeness (QED) is 0.824. The molecule has 2 amide bonds. The lowest BCUT2D eigenvalue weighted by Crippen LogP contribution is -2.51. The summed E-state index contributed by atoms with van der Waals surface area (Å²) in [4.78, 5) is 20.2. The van der Waals surface area contributed by atoms with E-state index in [1.165, 1.54) is 11.8 Å². The Kier molecular flexibility index (Phi) is 6.46. The van der Waals surface area contributed by atoms with Crippen molar-refractivity contribution in [2.45, 2.75) is 19.6 Å². The van der Waals surface area contributed by atoms with E-state index < -0.39 is 12.8 Å². The molecule has 1 fully saturated rings. The Hall–Kier alpha value is -2.97. The van der Waals surface area contributed by atoms with E-state index in [0.29, 0.717) is 31.7 Å². The van der Waals surface area contributed by atoms with E-state index in [1.807, 2.05) is 25.1 Å². The molecule has 156 valence electrons. The summed E-state index contributed by atoms with van der Waals surface area (Å²) < 4.78 is 41.9. The number of pyridine rings is 1. The number of hydrogen-bond acceptors (Lipinski definition) is 4. The van der Waals surface area contributed by atoms with E-state index in [4.69, 9.17) is 4.74 Å². The Morgan fingerprint density at radius 2 is 1.93 bits per heavy atom. The van der Waals surface area contributed by atoms with E-state index in [1.54, 1.807) is 17.0 Å². The predicted octanol–water partition coefficient (Wildman–Crippen LogP) is 3.36. The zero-order valence-corrected chi connectivity index (χ0v) is 16.1. The van der Waals surface area contributed by atoms with Gasteiger partial charge in [0, 0.05) is 50.2 Å². The predicted molar refractivity (Wildman–Crippen MR) is 103 cm³/mol. The topological polar surface area (TPSA) is 57.7 Å². The van der Waals surface area contributed by atoms with Gasteiger partial charge < -0.3 is 19.9 Å². The smallest absolute Gasteiger partial charge is 0.422 e. The number of benzene rings is 1. The highest BCUT2D eigenvalue weighted by Crippen LogP contribution is 2.20. The molecule has 3 rings (SSSR count). The molecule has 0 radical (unpaired) electrons. The Bertz CT molecular complexity index is 836. The summed E-state index contributed by atoms with van der Waals surface area (Å²) in [6, 6.07) is 11.1. The van der Waals surface area contributed by atoms with Gasteiger partial charge in [-0.15, -0.1) is 0 Å². The summed E-state index contributed by atoms with van der Waals surface area (Å²) in [5.74, 6) is -0.130. The van der Waals surface area contributed by atoms with Gasteiger partial charge in [0.25, 0.3) is 0 Å². The van der Waals surface area contributed by atoms with Crippen LogP contribution in [-0.4, -0.2) is 54.9 Å². The molecule has 1 aromatic carbocycles. The molecule has 0 saturated carbocycles. The number of alkyl halides is 3. The van der Waals surface area contributed by atoms with Crippen molar-refractivity contribution in [2.24, 2.45) is 0 Å². The molecular weight excluding hydrogens is 385 g/mol. The second-order valence-corrected chi connectivity index (χ2v) is 6.84. The molecule has 9 heteroatoms. The fraction of sp³-hybridized carbons (Fsp3) is 0.400. The molecule has 0 aliphatic carbocycles. The first-order chi connectivity index (χ1) is 13.8. The number of carbonyl (C=O) groups excluding carboxylic acids is 1. The lowest BCUT2D eigenvalue weighted by atomic mass is 10.2. The Morgan fingerprint density at radius 3 is 2.62 bits per heavy atom. The first kappa shape index (κ1) is 20.8. The number of amides is 2. The van der Waals surface area contributed by atoms with Crippen molar-refractivity contribution in [1.29, 1.82) is 0 Å². The zero-order valence-electron chi connectivity index (χ0n) is 16.1. The Balaban J connectivity index is 1.51. The van der Waals surface area contributed by atoms with Gasteiger partial charge in [-0.3, -0.25) is 0 Å². The molecule has 1 saturated heterocycles. The number of halogens is 3. The number of rotatable bonds is 5. The van der Waals surface area contributed by atoms with Crippen LogP contribution in [0.15, 0.2) is 42.6 Å². The highest BCUT2D eigenvalue weighted by atomic mass is 19.4. The van der Waals surface area contributed by atoms with E-state index in [0.717, 1.165) is 5.69 Å². The van der Waals surface area contributed by atoms with Crippen molar-refractivity contribution in [3.05, 3.63) is 53.7 Å². The van der Waals surface area contributed by atoms with Crippen molar-refractivity contribution < 1.29 is 22.7 Å². The number of ether oxygens (including phenoxy) is 1. The van der Waals surface area contributed by atoms with E-state index in [-0.39, 0.29) is 18.5 Å². The van der Waals surface area contributed by atoms with Crippen LogP contribution >= 0.6 is 0 Å². The van der Waals surface area contributed by atoms with Gasteiger partial charge in [0.1, 0.15) is 0 Å². The molecule has 1 aromatic heterocycles. The highest BCUT2D eigenvalue weighted by molar-refractivity contribution is 5.74. The van der Waals surface area contributed by atoms with Gasteiger partial charge in [0.15, 0.2) is 6.61 Å². The number of hydrogen-bond donors (Lipinski definition) is 1. The van der Waals surface area contributed by atoms with Gasteiger partial charge >= 0.3 is 12.2 Å². The first-order valence-corrected chi connectivity index (χ1v) is 9.30. The van der Waals surface area contributed by atoms with Crippen molar-refractivity contribution in [1.82, 2.24) is 15.2 Å². The lowest BCUT2D eigenvalue weighted by Gasteiger charge is -2.36. The van der Waals surface area contributed by atoms with Crippen molar-refractivity contribution in [3.63, 3.8) is 0 Å².